The Bertz CT molecular complexity index is 973. The van der Waals surface area contributed by atoms with E-state index in [0.717, 1.165) is 30.5 Å². The van der Waals surface area contributed by atoms with Crippen LogP contribution in [0.25, 0.3) is 0 Å². The van der Waals surface area contributed by atoms with Crippen molar-refractivity contribution < 1.29 is 18.0 Å². The zero-order chi connectivity index (χ0) is 22.3. The van der Waals surface area contributed by atoms with Gasteiger partial charge < -0.3 is 10.2 Å². The maximum atomic E-state index is 13.4. The Morgan fingerprint density at radius 2 is 1.94 bits per heavy atom. The van der Waals surface area contributed by atoms with Crippen LogP contribution >= 0.6 is 0 Å². The van der Waals surface area contributed by atoms with Crippen molar-refractivity contribution in [3.8, 4) is 0 Å². The summed E-state index contributed by atoms with van der Waals surface area (Å²) < 4.78 is 28.2. The molecule has 1 N–H and O–H groups in total. The van der Waals surface area contributed by atoms with Crippen LogP contribution in [0.4, 0.5) is 5.69 Å². The molecule has 8 heteroatoms. The molecule has 0 radical (unpaired) electrons. The number of hydrogen-bond donors (Lipinski definition) is 1. The minimum Gasteiger partial charge on any atom is -0.353 e. The fourth-order valence-electron chi connectivity index (χ4n) is 4.62. The van der Waals surface area contributed by atoms with Gasteiger partial charge in [0.15, 0.2) is 0 Å². The molecule has 0 unspecified atom stereocenters. The highest BCUT2D eigenvalue weighted by atomic mass is 32.2. The van der Waals surface area contributed by atoms with E-state index in [1.165, 1.54) is 4.31 Å². The molecule has 0 spiro atoms. The second-order valence-electron chi connectivity index (χ2n) is 9.35. The molecule has 1 saturated heterocycles. The zero-order valence-corrected chi connectivity index (χ0v) is 19.5. The summed E-state index contributed by atoms with van der Waals surface area (Å²) in [6.07, 6.45) is 4.78. The largest absolute Gasteiger partial charge is 0.353 e. The van der Waals surface area contributed by atoms with Gasteiger partial charge in [0.05, 0.1) is 10.8 Å². The maximum Gasteiger partial charge on any atom is 0.243 e. The third-order valence-electron chi connectivity index (χ3n) is 6.82. The predicted molar refractivity (Wildman–Crippen MR) is 119 cm³/mol. The normalized spacial score (nSPS) is 25.2. The van der Waals surface area contributed by atoms with Gasteiger partial charge in [-0.1, -0.05) is 6.92 Å². The summed E-state index contributed by atoms with van der Waals surface area (Å²) in [6, 6.07) is 5.25. The van der Waals surface area contributed by atoms with Gasteiger partial charge in [0, 0.05) is 36.8 Å². The number of nitrogens with zero attached hydrogens (tertiary/aromatic N) is 2. The smallest absolute Gasteiger partial charge is 0.243 e. The second kappa shape index (κ2) is 8.54. The monoisotopic (exact) mass is 447 g/mol. The van der Waals surface area contributed by atoms with Crippen LogP contribution in [-0.2, 0) is 26.0 Å². The molecule has 2 amide bonds. The molecule has 7 nitrogen and oxygen atoms in total. The van der Waals surface area contributed by atoms with Gasteiger partial charge in [-0.15, -0.1) is 0 Å². The topological polar surface area (TPSA) is 86.8 Å². The number of amides is 2. The number of hydrogen-bond acceptors (Lipinski definition) is 4. The van der Waals surface area contributed by atoms with Gasteiger partial charge in [0.25, 0.3) is 0 Å². The van der Waals surface area contributed by atoms with E-state index in [0.29, 0.717) is 25.8 Å². The van der Waals surface area contributed by atoms with Gasteiger partial charge in [-0.05, 0) is 76.1 Å². The van der Waals surface area contributed by atoms with E-state index in [4.69, 9.17) is 0 Å². The average molecular weight is 448 g/mol. The van der Waals surface area contributed by atoms with Crippen LogP contribution in [0.5, 0.6) is 0 Å². The molecular weight excluding hydrogens is 414 g/mol. The first-order valence-corrected chi connectivity index (χ1v) is 12.9. The molecule has 1 saturated carbocycles. The molecule has 1 aromatic carbocycles. The van der Waals surface area contributed by atoms with Gasteiger partial charge in [-0.25, -0.2) is 8.42 Å². The van der Waals surface area contributed by atoms with Gasteiger partial charge in [-0.3, -0.25) is 9.59 Å². The fraction of sp³-hybridized carbons (Fsp3) is 0.652. The first-order chi connectivity index (χ1) is 14.7. The van der Waals surface area contributed by atoms with Crippen LogP contribution in [0, 0.1) is 11.8 Å². The Balaban J connectivity index is 1.52. The Morgan fingerprint density at radius 3 is 2.61 bits per heavy atom. The summed E-state index contributed by atoms with van der Waals surface area (Å²) in [5, 5.41) is 2.98. The van der Waals surface area contributed by atoms with Gasteiger partial charge in [0.2, 0.25) is 21.8 Å². The molecule has 4 rings (SSSR count). The van der Waals surface area contributed by atoms with E-state index >= 15 is 0 Å². The number of carbonyl (C=O) groups is 2. The summed E-state index contributed by atoms with van der Waals surface area (Å²) in [4.78, 5) is 27.3. The van der Waals surface area contributed by atoms with Crippen molar-refractivity contribution in [2.24, 2.45) is 11.8 Å². The molecule has 2 aliphatic heterocycles. The van der Waals surface area contributed by atoms with Crippen LogP contribution in [-0.4, -0.2) is 49.7 Å². The average Bonchev–Trinajstić information content (AvgIpc) is 3.55. The summed E-state index contributed by atoms with van der Waals surface area (Å²) in [5.74, 6) is -0.0957. The molecule has 1 aromatic rings. The predicted octanol–water partition coefficient (Wildman–Crippen LogP) is 2.69. The Kier molecular flexibility index (Phi) is 6.14. The maximum absolute atomic E-state index is 13.4. The molecular formula is C23H33N3O4S. The summed E-state index contributed by atoms with van der Waals surface area (Å²) in [5.41, 5.74) is 1.75. The number of fused-ring (bicyclic) bond motifs is 1. The van der Waals surface area contributed by atoms with Crippen molar-refractivity contribution in [2.45, 2.75) is 76.3 Å². The standard InChI is InChI=1S/C23H33N3O4S/c1-4-15(2)24-22(27)18-6-5-11-25(14-18)31(29,30)20-9-10-21-19(13-20)12-16(3)26(21)23(28)17-7-8-17/h9-10,13,15-18H,4-8,11-12,14H2,1-3H3,(H,24,27)/t15-,16-,18+/m0/s1. The van der Waals surface area contributed by atoms with E-state index < -0.39 is 10.0 Å². The van der Waals surface area contributed by atoms with Crippen molar-refractivity contribution in [3.05, 3.63) is 23.8 Å². The van der Waals surface area contributed by atoms with E-state index in [-0.39, 0.29) is 47.2 Å². The van der Waals surface area contributed by atoms with Crippen molar-refractivity contribution in [3.63, 3.8) is 0 Å². The first-order valence-electron chi connectivity index (χ1n) is 11.5. The number of carbonyl (C=O) groups excluding carboxylic acids is 2. The lowest BCUT2D eigenvalue weighted by molar-refractivity contribution is -0.126. The molecule has 1 aliphatic carbocycles. The lowest BCUT2D eigenvalue weighted by Gasteiger charge is -2.32. The molecule has 0 aromatic heterocycles. The highest BCUT2D eigenvalue weighted by Crippen LogP contribution is 2.40. The lowest BCUT2D eigenvalue weighted by Crippen LogP contribution is -2.47. The van der Waals surface area contributed by atoms with Crippen molar-refractivity contribution >= 4 is 27.5 Å². The van der Waals surface area contributed by atoms with Crippen molar-refractivity contribution in [1.29, 1.82) is 0 Å². The van der Waals surface area contributed by atoms with E-state index in [1.54, 1.807) is 18.2 Å². The van der Waals surface area contributed by atoms with Crippen LogP contribution in [0.2, 0.25) is 0 Å². The summed E-state index contributed by atoms with van der Waals surface area (Å²) >= 11 is 0. The van der Waals surface area contributed by atoms with Crippen LogP contribution < -0.4 is 10.2 Å². The molecule has 2 heterocycles. The van der Waals surface area contributed by atoms with E-state index in [2.05, 4.69) is 5.32 Å². The third-order valence-corrected chi connectivity index (χ3v) is 8.69. The summed E-state index contributed by atoms with van der Waals surface area (Å²) in [7, 11) is -3.69. The van der Waals surface area contributed by atoms with Crippen molar-refractivity contribution in [1.82, 2.24) is 9.62 Å². The molecule has 170 valence electrons. The van der Waals surface area contributed by atoms with Crippen molar-refractivity contribution in [2.75, 3.05) is 18.0 Å². The Morgan fingerprint density at radius 1 is 1.19 bits per heavy atom. The highest BCUT2D eigenvalue weighted by Gasteiger charge is 2.40. The minimum absolute atomic E-state index is 0.0460. The summed E-state index contributed by atoms with van der Waals surface area (Å²) in [6.45, 7) is 6.62. The number of rotatable bonds is 6. The molecule has 3 aliphatic rings. The molecule has 3 atom stereocenters. The quantitative estimate of drug-likeness (QED) is 0.726. The SMILES string of the molecule is CC[C@H](C)NC(=O)[C@@H]1CCCN(S(=O)(=O)c2ccc3c(c2)C[C@H](C)N3C(=O)C2CC2)C1. The van der Waals surface area contributed by atoms with Gasteiger partial charge in [-0.2, -0.15) is 4.31 Å². The third kappa shape index (κ3) is 4.37. The highest BCUT2D eigenvalue weighted by molar-refractivity contribution is 7.89. The van der Waals surface area contributed by atoms with E-state index in [1.807, 2.05) is 25.7 Å². The zero-order valence-electron chi connectivity index (χ0n) is 18.6. The lowest BCUT2D eigenvalue weighted by atomic mass is 9.98. The molecule has 2 fully saturated rings. The van der Waals surface area contributed by atoms with E-state index in [9.17, 15) is 18.0 Å². The number of benzene rings is 1. The van der Waals surface area contributed by atoms with Gasteiger partial charge >= 0.3 is 0 Å². The van der Waals surface area contributed by atoms with Crippen LogP contribution in [0.1, 0.15) is 58.4 Å². The fourth-order valence-corrected chi connectivity index (χ4v) is 6.19. The number of nitrogens with one attached hydrogen (secondary N) is 1. The first kappa shape index (κ1) is 22.3. The second-order valence-corrected chi connectivity index (χ2v) is 11.3. The molecule has 31 heavy (non-hydrogen) atoms. The van der Waals surface area contributed by atoms with Crippen LogP contribution in [0.3, 0.4) is 0 Å². The van der Waals surface area contributed by atoms with Crippen LogP contribution in [0.15, 0.2) is 23.1 Å². The Hall–Kier alpha value is -1.93. The number of sulfonamides is 1. The minimum atomic E-state index is -3.69. The number of piperidine rings is 1. The molecule has 0 bridgehead atoms. The number of anilines is 1. The van der Waals surface area contributed by atoms with Gasteiger partial charge in [0.1, 0.15) is 0 Å². The Labute approximate surface area is 185 Å².